The highest BCUT2D eigenvalue weighted by Crippen LogP contribution is 2.24. The summed E-state index contributed by atoms with van der Waals surface area (Å²) >= 11 is 0. The molecule has 0 aromatic heterocycles. The van der Waals surface area contributed by atoms with E-state index < -0.39 is 0 Å². The van der Waals surface area contributed by atoms with Crippen molar-refractivity contribution in [1.29, 1.82) is 0 Å². The summed E-state index contributed by atoms with van der Waals surface area (Å²) in [5.74, 6) is 0.649. The SMILES string of the molecule is Cc1ccc(N)cc1NC(=O)c1ccc(Oc2ccc(C(=O)Nc3cc(N)ccc3C)cc2)cc1. The smallest absolute Gasteiger partial charge is 0.255 e. The van der Waals surface area contributed by atoms with Crippen molar-refractivity contribution >= 4 is 34.6 Å². The molecule has 0 aliphatic rings. The zero-order chi connectivity index (χ0) is 24.9. The first kappa shape index (κ1) is 23.4. The average Bonchev–Trinajstić information content (AvgIpc) is 2.84. The molecule has 0 radical (unpaired) electrons. The minimum Gasteiger partial charge on any atom is -0.457 e. The highest BCUT2D eigenvalue weighted by Gasteiger charge is 2.11. The predicted octanol–water partition coefficient (Wildman–Crippen LogP) is 5.76. The molecular weight excluding hydrogens is 440 g/mol. The number of benzene rings is 4. The van der Waals surface area contributed by atoms with Crippen molar-refractivity contribution in [3.63, 3.8) is 0 Å². The van der Waals surface area contributed by atoms with Crippen LogP contribution in [0.15, 0.2) is 84.9 Å². The first-order valence-electron chi connectivity index (χ1n) is 11.0. The molecule has 0 spiro atoms. The third-order valence-electron chi connectivity index (χ3n) is 5.49. The molecule has 7 heteroatoms. The number of nitrogens with one attached hydrogen (secondary N) is 2. The van der Waals surface area contributed by atoms with E-state index in [1.165, 1.54) is 0 Å². The van der Waals surface area contributed by atoms with Gasteiger partial charge in [0, 0.05) is 33.9 Å². The summed E-state index contributed by atoms with van der Waals surface area (Å²) in [6.45, 7) is 3.80. The Hall–Kier alpha value is -4.78. The van der Waals surface area contributed by atoms with Crippen molar-refractivity contribution in [2.24, 2.45) is 0 Å². The normalized spacial score (nSPS) is 10.5. The monoisotopic (exact) mass is 466 g/mol. The van der Waals surface area contributed by atoms with E-state index in [1.54, 1.807) is 72.8 Å². The number of nitrogens with two attached hydrogens (primary N) is 2. The van der Waals surface area contributed by atoms with E-state index in [2.05, 4.69) is 10.6 Å². The van der Waals surface area contributed by atoms with Crippen LogP contribution in [0.2, 0.25) is 0 Å². The second kappa shape index (κ2) is 10.0. The highest BCUT2D eigenvalue weighted by atomic mass is 16.5. The number of hydrogen-bond donors (Lipinski definition) is 4. The molecule has 0 aliphatic carbocycles. The number of carbonyl (C=O) groups excluding carboxylic acids is 2. The molecule has 0 atom stereocenters. The van der Waals surface area contributed by atoms with Crippen LogP contribution in [0.25, 0.3) is 0 Å². The number of hydrogen-bond acceptors (Lipinski definition) is 5. The van der Waals surface area contributed by atoms with Gasteiger partial charge in [-0.3, -0.25) is 9.59 Å². The lowest BCUT2D eigenvalue weighted by Crippen LogP contribution is -2.13. The Morgan fingerprint density at radius 1 is 0.600 bits per heavy atom. The van der Waals surface area contributed by atoms with Gasteiger partial charge in [-0.15, -0.1) is 0 Å². The lowest BCUT2D eigenvalue weighted by atomic mass is 10.1. The largest absolute Gasteiger partial charge is 0.457 e. The zero-order valence-corrected chi connectivity index (χ0v) is 19.5. The summed E-state index contributed by atoms with van der Waals surface area (Å²) in [7, 11) is 0. The van der Waals surface area contributed by atoms with Crippen LogP contribution < -0.4 is 26.8 Å². The molecule has 35 heavy (non-hydrogen) atoms. The van der Waals surface area contributed by atoms with Crippen molar-refractivity contribution in [2.45, 2.75) is 13.8 Å². The van der Waals surface area contributed by atoms with Gasteiger partial charge >= 0.3 is 0 Å². The number of rotatable bonds is 6. The molecule has 0 saturated heterocycles. The fourth-order valence-electron chi connectivity index (χ4n) is 3.42. The van der Waals surface area contributed by atoms with Gasteiger partial charge < -0.3 is 26.8 Å². The van der Waals surface area contributed by atoms with E-state index in [1.807, 2.05) is 26.0 Å². The Kier molecular flexibility index (Phi) is 6.69. The third kappa shape index (κ3) is 5.78. The molecule has 4 aromatic carbocycles. The second-order valence-electron chi connectivity index (χ2n) is 8.21. The van der Waals surface area contributed by atoms with Crippen molar-refractivity contribution in [3.8, 4) is 11.5 Å². The molecule has 4 rings (SSSR count). The maximum absolute atomic E-state index is 12.6. The van der Waals surface area contributed by atoms with E-state index in [4.69, 9.17) is 16.2 Å². The quantitative estimate of drug-likeness (QED) is 0.269. The predicted molar refractivity (Wildman–Crippen MR) is 140 cm³/mol. The molecule has 2 amide bonds. The summed E-state index contributed by atoms with van der Waals surface area (Å²) in [4.78, 5) is 25.2. The van der Waals surface area contributed by atoms with Gasteiger partial charge in [0.15, 0.2) is 0 Å². The molecule has 0 unspecified atom stereocenters. The van der Waals surface area contributed by atoms with E-state index in [9.17, 15) is 9.59 Å². The number of aryl methyl sites for hydroxylation is 2. The van der Waals surface area contributed by atoms with Crippen LogP contribution in [0.1, 0.15) is 31.8 Å². The Morgan fingerprint density at radius 3 is 1.34 bits per heavy atom. The van der Waals surface area contributed by atoms with E-state index in [0.717, 1.165) is 11.1 Å². The highest BCUT2D eigenvalue weighted by molar-refractivity contribution is 6.05. The molecular formula is C28H26N4O3. The van der Waals surface area contributed by atoms with Crippen LogP contribution in [0, 0.1) is 13.8 Å². The van der Waals surface area contributed by atoms with Crippen LogP contribution in [0.3, 0.4) is 0 Å². The molecule has 0 bridgehead atoms. The number of amides is 2. The van der Waals surface area contributed by atoms with Gasteiger partial charge in [0.1, 0.15) is 11.5 Å². The Bertz CT molecular complexity index is 1270. The summed E-state index contributed by atoms with van der Waals surface area (Å²) in [5, 5.41) is 5.75. The fraction of sp³-hybridized carbons (Fsp3) is 0.0714. The maximum atomic E-state index is 12.6. The molecule has 176 valence electrons. The van der Waals surface area contributed by atoms with E-state index >= 15 is 0 Å². The van der Waals surface area contributed by atoms with Gasteiger partial charge in [-0.25, -0.2) is 0 Å². The molecule has 4 aromatic rings. The number of anilines is 4. The second-order valence-corrected chi connectivity index (χ2v) is 8.21. The standard InChI is InChI=1S/C28H26N4O3/c1-17-3-9-21(29)15-25(17)31-27(33)19-5-11-23(12-6-19)35-24-13-7-20(8-14-24)28(34)32-26-16-22(30)10-4-18(26)2/h3-16H,29-30H2,1-2H3,(H,31,33)(H,32,34). The van der Waals surface area contributed by atoms with Gasteiger partial charge in [-0.1, -0.05) is 12.1 Å². The Morgan fingerprint density at radius 2 is 0.971 bits per heavy atom. The van der Waals surface area contributed by atoms with Crippen LogP contribution in [-0.4, -0.2) is 11.8 Å². The minimum atomic E-state index is -0.240. The first-order valence-corrected chi connectivity index (χ1v) is 11.0. The van der Waals surface area contributed by atoms with Crippen LogP contribution in [0.4, 0.5) is 22.7 Å². The average molecular weight is 467 g/mol. The number of carbonyl (C=O) groups is 2. The van der Waals surface area contributed by atoms with E-state index in [-0.39, 0.29) is 11.8 Å². The summed E-state index contributed by atoms with van der Waals surface area (Å²) < 4.78 is 5.86. The molecule has 0 saturated carbocycles. The number of ether oxygens (including phenoxy) is 1. The van der Waals surface area contributed by atoms with Gasteiger partial charge in [0.2, 0.25) is 0 Å². The molecule has 0 fully saturated rings. The van der Waals surface area contributed by atoms with Gasteiger partial charge in [-0.2, -0.15) is 0 Å². The molecule has 6 N–H and O–H groups in total. The topological polar surface area (TPSA) is 119 Å². The summed E-state index contributed by atoms with van der Waals surface area (Å²) in [5.41, 5.74) is 17.0. The van der Waals surface area contributed by atoms with E-state index in [0.29, 0.717) is 45.4 Å². The third-order valence-corrected chi connectivity index (χ3v) is 5.49. The zero-order valence-electron chi connectivity index (χ0n) is 19.5. The molecule has 0 aliphatic heterocycles. The van der Waals surface area contributed by atoms with Crippen LogP contribution >= 0.6 is 0 Å². The van der Waals surface area contributed by atoms with Gasteiger partial charge in [0.25, 0.3) is 11.8 Å². The lowest BCUT2D eigenvalue weighted by Gasteiger charge is -2.11. The molecule has 0 heterocycles. The van der Waals surface area contributed by atoms with Crippen LogP contribution in [-0.2, 0) is 0 Å². The fourth-order valence-corrected chi connectivity index (χ4v) is 3.42. The van der Waals surface area contributed by atoms with Crippen molar-refractivity contribution < 1.29 is 14.3 Å². The Labute approximate surface area is 203 Å². The van der Waals surface area contributed by atoms with Crippen molar-refractivity contribution in [1.82, 2.24) is 0 Å². The lowest BCUT2D eigenvalue weighted by molar-refractivity contribution is 0.101. The summed E-state index contributed by atoms with van der Waals surface area (Å²) in [6, 6.07) is 24.3. The van der Waals surface area contributed by atoms with Gasteiger partial charge in [-0.05, 0) is 97.8 Å². The molecule has 7 nitrogen and oxygen atoms in total. The summed E-state index contributed by atoms with van der Waals surface area (Å²) in [6.07, 6.45) is 0. The minimum absolute atomic E-state index is 0.240. The number of nitrogen functional groups attached to an aromatic ring is 2. The van der Waals surface area contributed by atoms with Crippen molar-refractivity contribution in [2.75, 3.05) is 22.1 Å². The van der Waals surface area contributed by atoms with Crippen molar-refractivity contribution in [3.05, 3.63) is 107 Å². The van der Waals surface area contributed by atoms with Gasteiger partial charge in [0.05, 0.1) is 0 Å². The first-order chi connectivity index (χ1) is 16.8. The Balaban J connectivity index is 1.38. The van der Waals surface area contributed by atoms with Crippen LogP contribution in [0.5, 0.6) is 11.5 Å². The maximum Gasteiger partial charge on any atom is 0.255 e.